The van der Waals surface area contributed by atoms with Crippen LogP contribution in [0.3, 0.4) is 0 Å². The van der Waals surface area contributed by atoms with Crippen LogP contribution in [0.4, 0.5) is 11.4 Å². The molecule has 0 aliphatic carbocycles. The summed E-state index contributed by atoms with van der Waals surface area (Å²) in [6.07, 6.45) is 1.88. The Morgan fingerprint density at radius 3 is 1.52 bits per heavy atom. The molecule has 0 spiro atoms. The number of rotatable bonds is 22. The van der Waals surface area contributed by atoms with Gasteiger partial charge in [0.1, 0.15) is 0 Å². The van der Waals surface area contributed by atoms with Gasteiger partial charge >= 0.3 is 11.9 Å². The van der Waals surface area contributed by atoms with Crippen LogP contribution in [0, 0.1) is 0 Å². The van der Waals surface area contributed by atoms with E-state index in [1.165, 1.54) is 6.07 Å². The maximum Gasteiger partial charge on any atom is 0.338 e. The first-order valence-corrected chi connectivity index (χ1v) is 15.1. The molecule has 0 radical (unpaired) electrons. The Morgan fingerprint density at radius 2 is 1.07 bits per heavy atom. The molecule has 0 saturated heterocycles. The normalized spacial score (nSPS) is 11.2. The second-order valence-corrected chi connectivity index (χ2v) is 11.1. The first-order valence-electron chi connectivity index (χ1n) is 15.1. The zero-order valence-corrected chi connectivity index (χ0v) is 27.0. The van der Waals surface area contributed by atoms with Gasteiger partial charge in [0.25, 0.3) is 11.8 Å². The van der Waals surface area contributed by atoms with Crippen LogP contribution in [0.15, 0.2) is 12.1 Å². The summed E-state index contributed by atoms with van der Waals surface area (Å²) < 4.78 is 0. The van der Waals surface area contributed by atoms with Gasteiger partial charge in [-0.15, -0.1) is 0 Å². The molecule has 16 nitrogen and oxygen atoms in total. The van der Waals surface area contributed by atoms with Crippen molar-refractivity contribution in [2.75, 3.05) is 91.3 Å². The van der Waals surface area contributed by atoms with Crippen molar-refractivity contribution in [1.29, 1.82) is 0 Å². The first kappa shape index (κ1) is 38.1. The van der Waals surface area contributed by atoms with Crippen molar-refractivity contribution in [3.05, 3.63) is 34.4 Å². The summed E-state index contributed by atoms with van der Waals surface area (Å²) in [5.41, 5.74) is 9.57. The molecule has 0 atom stereocenters. The number of fused-ring (bicyclic) bond motifs is 1. The fourth-order valence-electron chi connectivity index (χ4n) is 4.71. The molecule has 0 fully saturated rings. The van der Waals surface area contributed by atoms with Gasteiger partial charge in [-0.05, 0) is 79.1 Å². The fraction of sp³-hybridized carbons (Fsp3) is 0.533. The van der Waals surface area contributed by atoms with Crippen LogP contribution < -0.4 is 32.3 Å². The lowest BCUT2D eigenvalue weighted by Gasteiger charge is -2.22. The average molecular weight is 649 g/mol. The van der Waals surface area contributed by atoms with Gasteiger partial charge in [0.15, 0.2) is 0 Å². The summed E-state index contributed by atoms with van der Waals surface area (Å²) in [6.45, 7) is 2.17. The van der Waals surface area contributed by atoms with E-state index < -0.39 is 34.9 Å². The number of carboxylic acid groups (broad SMARTS) is 2. The topological polar surface area (TPSA) is 228 Å². The Kier molecular flexibility index (Phi) is 16.1. The van der Waals surface area contributed by atoms with Crippen molar-refractivity contribution in [3.63, 3.8) is 0 Å². The summed E-state index contributed by atoms with van der Waals surface area (Å²) in [5.74, 6) is -4.42. The van der Waals surface area contributed by atoms with Crippen molar-refractivity contribution in [3.8, 4) is 0 Å². The minimum absolute atomic E-state index is 0.0751. The van der Waals surface area contributed by atoms with Crippen LogP contribution in [0.2, 0.25) is 0 Å². The Labute approximate surface area is 268 Å². The molecular weight excluding hydrogens is 600 g/mol. The van der Waals surface area contributed by atoms with Crippen LogP contribution in [0.1, 0.15) is 67.1 Å². The fourth-order valence-corrected chi connectivity index (χ4v) is 4.71. The zero-order valence-electron chi connectivity index (χ0n) is 27.0. The van der Waals surface area contributed by atoms with E-state index >= 15 is 0 Å². The quantitative estimate of drug-likeness (QED) is 0.0608. The van der Waals surface area contributed by atoms with Gasteiger partial charge in [-0.25, -0.2) is 20.4 Å². The van der Waals surface area contributed by atoms with Crippen molar-refractivity contribution in [2.45, 2.75) is 25.7 Å². The summed E-state index contributed by atoms with van der Waals surface area (Å²) in [7, 11) is 7.64. The third-order valence-corrected chi connectivity index (χ3v) is 6.84. The SMILES string of the molecule is CN(C)CCCNNC(=O)c1cc(NCCCO)c(C(=O)NNCCCN(C)C)c2c(C(=O)O)cc(NCCCO)c(C(=O)O)c12. The number of hydrogen-bond donors (Lipinski definition) is 10. The van der Waals surface area contributed by atoms with Crippen molar-refractivity contribution in [2.24, 2.45) is 0 Å². The highest BCUT2D eigenvalue weighted by Crippen LogP contribution is 2.38. The number of carbonyl (C=O) groups excluding carboxylic acids is 2. The number of aliphatic hydroxyl groups excluding tert-OH is 2. The Hall–Kier alpha value is -4.06. The lowest BCUT2D eigenvalue weighted by Crippen LogP contribution is -2.40. The lowest BCUT2D eigenvalue weighted by atomic mass is 9.88. The number of aliphatic hydroxyl groups is 2. The summed E-state index contributed by atoms with van der Waals surface area (Å²) in [5, 5.41) is 44.8. The average Bonchev–Trinajstić information content (AvgIpc) is 2.99. The van der Waals surface area contributed by atoms with Gasteiger partial charge in [0.2, 0.25) is 0 Å². The molecule has 0 saturated carbocycles. The molecule has 10 N–H and O–H groups in total. The maximum absolute atomic E-state index is 13.8. The van der Waals surface area contributed by atoms with E-state index in [2.05, 4.69) is 32.3 Å². The molecule has 0 aliphatic heterocycles. The maximum atomic E-state index is 13.8. The van der Waals surface area contributed by atoms with Gasteiger partial charge in [-0.2, -0.15) is 0 Å². The molecule has 0 unspecified atom stereocenters. The predicted octanol–water partition coefficient (Wildman–Crippen LogP) is 0.197. The van der Waals surface area contributed by atoms with E-state index in [9.17, 15) is 39.6 Å². The number of anilines is 2. The molecule has 2 aromatic rings. The number of hydrogen-bond acceptors (Lipinski definition) is 12. The Bertz CT molecular complexity index is 1350. The highest BCUT2D eigenvalue weighted by molar-refractivity contribution is 6.27. The van der Waals surface area contributed by atoms with Crippen molar-refractivity contribution >= 4 is 45.9 Å². The number of amides is 2. The second-order valence-electron chi connectivity index (χ2n) is 11.1. The predicted molar refractivity (Wildman–Crippen MR) is 176 cm³/mol. The molecule has 46 heavy (non-hydrogen) atoms. The van der Waals surface area contributed by atoms with Gasteiger partial charge in [-0.1, -0.05) is 0 Å². The number of carbonyl (C=O) groups is 4. The molecule has 0 heterocycles. The molecule has 2 amide bonds. The van der Waals surface area contributed by atoms with Crippen molar-refractivity contribution < 1.29 is 39.6 Å². The number of hydrazine groups is 2. The van der Waals surface area contributed by atoms with E-state index in [0.29, 0.717) is 25.9 Å². The van der Waals surface area contributed by atoms with Crippen LogP contribution in [0.5, 0.6) is 0 Å². The van der Waals surface area contributed by atoms with Crippen LogP contribution >= 0.6 is 0 Å². The van der Waals surface area contributed by atoms with Gasteiger partial charge in [0.05, 0.1) is 27.9 Å². The summed E-state index contributed by atoms with van der Waals surface area (Å²) >= 11 is 0. The lowest BCUT2D eigenvalue weighted by molar-refractivity contribution is 0.0684. The van der Waals surface area contributed by atoms with E-state index in [0.717, 1.165) is 19.2 Å². The van der Waals surface area contributed by atoms with E-state index in [-0.39, 0.29) is 72.4 Å². The van der Waals surface area contributed by atoms with Crippen LogP contribution in [0.25, 0.3) is 10.8 Å². The summed E-state index contributed by atoms with van der Waals surface area (Å²) in [6, 6.07) is 2.43. The third kappa shape index (κ3) is 11.1. The number of nitrogens with zero attached hydrogens (tertiary/aromatic N) is 2. The monoisotopic (exact) mass is 648 g/mol. The van der Waals surface area contributed by atoms with E-state index in [4.69, 9.17) is 0 Å². The Balaban J connectivity index is 2.86. The number of nitrogens with one attached hydrogen (secondary N) is 6. The van der Waals surface area contributed by atoms with Gasteiger partial charge < -0.3 is 40.9 Å². The number of aromatic carboxylic acids is 2. The minimum Gasteiger partial charge on any atom is -0.478 e. The highest BCUT2D eigenvalue weighted by Gasteiger charge is 2.31. The molecule has 0 aliphatic rings. The van der Waals surface area contributed by atoms with Crippen LogP contribution in [-0.2, 0) is 0 Å². The highest BCUT2D eigenvalue weighted by atomic mass is 16.4. The standard InChI is InChI=1S/C30H48N8O8/c1-37(2)13-5-11-33-35-27(41)19-17-21(31-9-7-15-39)25(28(42)36-34-12-6-14-38(3)4)24-20(29(43)44)18-22(32-10-8-16-40)26(23(19)24)30(45)46/h17-18,31-34,39-40H,5-16H2,1-4H3,(H,35,41)(H,36,42)(H,43,44)(H,45,46). The largest absolute Gasteiger partial charge is 0.478 e. The molecule has 2 aromatic carbocycles. The number of benzene rings is 2. The smallest absolute Gasteiger partial charge is 0.338 e. The van der Waals surface area contributed by atoms with E-state index in [1.807, 2.05) is 38.0 Å². The second kappa shape index (κ2) is 19.5. The zero-order chi connectivity index (χ0) is 34.2. The molecule has 2 rings (SSSR count). The molecule has 16 heteroatoms. The van der Waals surface area contributed by atoms with E-state index in [1.54, 1.807) is 0 Å². The molecule has 0 bridgehead atoms. The van der Waals surface area contributed by atoms with Gasteiger partial charge in [-0.3, -0.25) is 20.4 Å². The van der Waals surface area contributed by atoms with Crippen LogP contribution in [-0.4, -0.2) is 135 Å². The van der Waals surface area contributed by atoms with Crippen molar-refractivity contribution in [1.82, 2.24) is 31.5 Å². The minimum atomic E-state index is -1.46. The third-order valence-electron chi connectivity index (χ3n) is 6.84. The molecule has 256 valence electrons. The first-order chi connectivity index (χ1) is 21.9. The molecular formula is C30H48N8O8. The molecule has 0 aromatic heterocycles. The Morgan fingerprint density at radius 1 is 0.609 bits per heavy atom. The number of carboxylic acids is 2. The van der Waals surface area contributed by atoms with Gasteiger partial charge in [0, 0.05) is 55.9 Å². The summed E-state index contributed by atoms with van der Waals surface area (Å²) in [4.78, 5) is 56.9.